The summed E-state index contributed by atoms with van der Waals surface area (Å²) in [6, 6.07) is 0. The molecule has 3 fully saturated rings. The third-order valence-electron chi connectivity index (χ3n) is 8.59. The number of fused-ring (bicyclic) bond motifs is 5. The molecule has 0 radical (unpaired) electrons. The minimum atomic E-state index is -2.63. The van der Waals surface area contributed by atoms with Gasteiger partial charge in [-0.1, -0.05) is 13.8 Å². The van der Waals surface area contributed by atoms with E-state index in [0.717, 1.165) is 38.2 Å². The third-order valence-corrected chi connectivity index (χ3v) is 8.59. The second-order valence-electron chi connectivity index (χ2n) is 9.74. The van der Waals surface area contributed by atoms with Crippen molar-refractivity contribution in [1.29, 1.82) is 0 Å². The highest BCUT2D eigenvalue weighted by molar-refractivity contribution is 5.91. The smallest absolute Gasteiger partial charge is 0.248 e. The molecule has 2 nitrogen and oxygen atoms in total. The van der Waals surface area contributed by atoms with Crippen LogP contribution in [0, 0.1) is 34.5 Å². The highest BCUT2D eigenvalue weighted by Crippen LogP contribution is 2.68. The van der Waals surface area contributed by atoms with E-state index in [9.17, 15) is 18.7 Å². The monoisotopic (exact) mass is 352 g/mol. The van der Waals surface area contributed by atoms with Crippen molar-refractivity contribution in [1.82, 2.24) is 0 Å². The molecule has 0 aromatic carbocycles. The molecule has 0 aromatic heterocycles. The van der Waals surface area contributed by atoms with Crippen LogP contribution in [-0.4, -0.2) is 22.9 Å². The number of hydrogen-bond acceptors (Lipinski definition) is 2. The first kappa shape index (κ1) is 17.6. The summed E-state index contributed by atoms with van der Waals surface area (Å²) < 4.78 is 28.5. The number of aliphatic hydroxyl groups is 1. The van der Waals surface area contributed by atoms with Crippen LogP contribution in [0.3, 0.4) is 0 Å². The molecular weight excluding hydrogens is 322 g/mol. The van der Waals surface area contributed by atoms with Gasteiger partial charge in [0.25, 0.3) is 0 Å². The van der Waals surface area contributed by atoms with Crippen LogP contribution in [0.15, 0.2) is 11.6 Å². The molecule has 4 heteroatoms. The molecular formula is C21H30F2O2. The normalized spacial score (nSPS) is 49.9. The lowest BCUT2D eigenvalue weighted by Crippen LogP contribution is -2.54. The molecule has 25 heavy (non-hydrogen) atoms. The van der Waals surface area contributed by atoms with E-state index in [1.807, 2.05) is 0 Å². The Morgan fingerprint density at radius 1 is 1.16 bits per heavy atom. The van der Waals surface area contributed by atoms with Crippen molar-refractivity contribution in [3.63, 3.8) is 0 Å². The predicted octanol–water partition coefficient (Wildman–Crippen LogP) is 4.76. The number of rotatable bonds is 1. The van der Waals surface area contributed by atoms with Gasteiger partial charge in [0.2, 0.25) is 5.92 Å². The number of ketones is 1. The standard InChI is InChI=1S/C21H30F2O2/c1-19-8-6-12(24)10-16(19)17(25)11-13-14-4-5-18(21(3,22)23)20(14,2)9-7-15(13)19/h10,13-15,17-18,25H,4-9,11H2,1-3H3/t13-,14-,15-,17-,18-,19+,20-/m0/s1. The fraction of sp³-hybridized carbons (Fsp3) is 0.857. The van der Waals surface area contributed by atoms with Crippen LogP contribution in [0.4, 0.5) is 8.78 Å². The molecule has 4 aliphatic rings. The van der Waals surface area contributed by atoms with Crippen molar-refractivity contribution < 1.29 is 18.7 Å². The van der Waals surface area contributed by atoms with Gasteiger partial charge >= 0.3 is 0 Å². The van der Waals surface area contributed by atoms with E-state index in [0.29, 0.717) is 31.1 Å². The Bertz CT molecular complexity index is 622. The Morgan fingerprint density at radius 3 is 2.56 bits per heavy atom. The van der Waals surface area contributed by atoms with E-state index in [-0.39, 0.29) is 22.5 Å². The van der Waals surface area contributed by atoms with E-state index in [4.69, 9.17) is 0 Å². The molecule has 0 saturated heterocycles. The second-order valence-corrected chi connectivity index (χ2v) is 9.74. The number of carbonyl (C=O) groups is 1. The van der Waals surface area contributed by atoms with E-state index < -0.39 is 17.9 Å². The maximum Gasteiger partial charge on any atom is 0.248 e. The number of alkyl halides is 2. The minimum absolute atomic E-state index is 0.122. The predicted molar refractivity (Wildman–Crippen MR) is 92.2 cm³/mol. The molecule has 0 amide bonds. The van der Waals surface area contributed by atoms with E-state index in [1.165, 1.54) is 0 Å². The van der Waals surface area contributed by atoms with Gasteiger partial charge in [-0.05, 0) is 85.7 Å². The summed E-state index contributed by atoms with van der Waals surface area (Å²) in [5.74, 6) is -2.06. The van der Waals surface area contributed by atoms with Gasteiger partial charge in [-0.3, -0.25) is 4.79 Å². The molecule has 0 spiro atoms. The van der Waals surface area contributed by atoms with Crippen LogP contribution in [0.5, 0.6) is 0 Å². The van der Waals surface area contributed by atoms with Gasteiger partial charge < -0.3 is 5.11 Å². The van der Waals surface area contributed by atoms with Crippen LogP contribution < -0.4 is 0 Å². The molecule has 7 atom stereocenters. The summed E-state index contributed by atoms with van der Waals surface area (Å²) in [5.41, 5.74) is 0.468. The van der Waals surface area contributed by atoms with Gasteiger partial charge in [-0.25, -0.2) is 8.78 Å². The van der Waals surface area contributed by atoms with Gasteiger partial charge in [0.05, 0.1) is 6.10 Å². The summed E-state index contributed by atoms with van der Waals surface area (Å²) in [6.45, 7) is 5.37. The Balaban J connectivity index is 1.70. The van der Waals surface area contributed by atoms with Crippen molar-refractivity contribution in [3.05, 3.63) is 11.6 Å². The first-order valence-electron chi connectivity index (χ1n) is 9.88. The first-order valence-corrected chi connectivity index (χ1v) is 9.88. The fourth-order valence-electron chi connectivity index (χ4n) is 7.44. The average Bonchev–Trinajstić information content (AvgIpc) is 2.87. The van der Waals surface area contributed by atoms with Crippen LogP contribution in [0.25, 0.3) is 0 Å². The molecule has 4 aliphatic carbocycles. The molecule has 3 saturated carbocycles. The zero-order chi connectivity index (χ0) is 18.2. The molecule has 4 rings (SSSR count). The number of aliphatic hydroxyl groups excluding tert-OH is 1. The molecule has 0 aromatic rings. The fourth-order valence-corrected chi connectivity index (χ4v) is 7.44. The van der Waals surface area contributed by atoms with Crippen molar-refractivity contribution in [2.24, 2.45) is 34.5 Å². The van der Waals surface area contributed by atoms with Crippen molar-refractivity contribution in [2.45, 2.75) is 77.7 Å². The quantitative estimate of drug-likeness (QED) is 0.739. The lowest BCUT2D eigenvalue weighted by molar-refractivity contribution is -0.134. The molecule has 0 heterocycles. The SMILES string of the molecule is CC(F)(F)[C@H]1CC[C@H]2[C@@H]3C[C@H](O)C4=CC(=O)CC[C@]4(C)[C@H]3CC[C@]12C. The largest absolute Gasteiger partial charge is 0.389 e. The lowest BCUT2D eigenvalue weighted by Gasteiger charge is -2.59. The molecule has 140 valence electrons. The maximum atomic E-state index is 14.2. The zero-order valence-electron chi connectivity index (χ0n) is 15.5. The lowest BCUT2D eigenvalue weighted by atomic mass is 9.46. The van der Waals surface area contributed by atoms with Crippen LogP contribution in [-0.2, 0) is 4.79 Å². The average molecular weight is 352 g/mol. The van der Waals surface area contributed by atoms with Crippen LogP contribution >= 0.6 is 0 Å². The maximum absolute atomic E-state index is 14.2. The van der Waals surface area contributed by atoms with Gasteiger partial charge in [-0.15, -0.1) is 0 Å². The third kappa shape index (κ3) is 2.39. The summed E-state index contributed by atoms with van der Waals surface area (Å²) in [7, 11) is 0. The highest BCUT2D eigenvalue weighted by atomic mass is 19.3. The van der Waals surface area contributed by atoms with Crippen LogP contribution in [0.1, 0.15) is 65.7 Å². The Hall–Kier alpha value is -0.770. The van der Waals surface area contributed by atoms with Gasteiger partial charge in [0.15, 0.2) is 5.78 Å². The summed E-state index contributed by atoms with van der Waals surface area (Å²) >= 11 is 0. The second kappa shape index (κ2) is 5.37. The number of halogens is 2. The zero-order valence-corrected chi connectivity index (χ0v) is 15.5. The van der Waals surface area contributed by atoms with Crippen molar-refractivity contribution >= 4 is 5.78 Å². The van der Waals surface area contributed by atoms with Crippen molar-refractivity contribution in [3.8, 4) is 0 Å². The highest BCUT2D eigenvalue weighted by Gasteiger charge is 2.63. The van der Waals surface area contributed by atoms with E-state index >= 15 is 0 Å². The molecule has 1 N–H and O–H groups in total. The topological polar surface area (TPSA) is 37.3 Å². The minimum Gasteiger partial charge on any atom is -0.389 e. The molecule has 0 unspecified atom stereocenters. The van der Waals surface area contributed by atoms with E-state index in [1.54, 1.807) is 6.08 Å². The molecule has 0 bridgehead atoms. The van der Waals surface area contributed by atoms with Gasteiger partial charge in [0, 0.05) is 12.3 Å². The summed E-state index contributed by atoms with van der Waals surface area (Å²) in [4.78, 5) is 11.9. The van der Waals surface area contributed by atoms with Gasteiger partial charge in [0.1, 0.15) is 0 Å². The summed E-state index contributed by atoms with van der Waals surface area (Å²) in [5, 5.41) is 10.8. The molecule has 0 aliphatic heterocycles. The number of hydrogen-bond donors (Lipinski definition) is 1. The Labute approximate surface area is 149 Å². The van der Waals surface area contributed by atoms with E-state index in [2.05, 4.69) is 13.8 Å². The first-order chi connectivity index (χ1) is 11.6. The number of carbonyl (C=O) groups excluding carboxylic acids is 1. The Kier molecular flexibility index (Phi) is 3.79. The summed E-state index contributed by atoms with van der Waals surface area (Å²) in [6.07, 6.45) is 6.34. The van der Waals surface area contributed by atoms with Crippen molar-refractivity contribution in [2.75, 3.05) is 0 Å². The van der Waals surface area contributed by atoms with Crippen LogP contribution in [0.2, 0.25) is 0 Å². The van der Waals surface area contributed by atoms with Gasteiger partial charge in [-0.2, -0.15) is 0 Å². The Morgan fingerprint density at radius 2 is 1.88 bits per heavy atom.